The Kier molecular flexibility index (Phi) is 3.49. The third kappa shape index (κ3) is 2.26. The molecular formula is C8H14N2S. The van der Waals surface area contributed by atoms with Gasteiger partial charge in [0.05, 0.1) is 0 Å². The van der Waals surface area contributed by atoms with E-state index in [1.54, 1.807) is 0 Å². The van der Waals surface area contributed by atoms with Crippen LogP contribution in [0.1, 0.15) is 19.2 Å². The van der Waals surface area contributed by atoms with Gasteiger partial charge in [-0.3, -0.25) is 0 Å². The number of hydrogen-bond acceptors (Lipinski definition) is 2. The van der Waals surface area contributed by atoms with E-state index in [-0.39, 0.29) is 0 Å². The summed E-state index contributed by atoms with van der Waals surface area (Å²) in [5.74, 6) is 2.12. The second-order valence-electron chi connectivity index (χ2n) is 2.46. The number of aromatic nitrogens is 2. The Morgan fingerprint density at radius 2 is 2.45 bits per heavy atom. The lowest BCUT2D eigenvalue weighted by atomic mass is 10.3. The van der Waals surface area contributed by atoms with Gasteiger partial charge in [0.1, 0.15) is 5.82 Å². The summed E-state index contributed by atoms with van der Waals surface area (Å²) in [6.07, 6.45) is 6.04. The van der Waals surface area contributed by atoms with Gasteiger partial charge in [0, 0.05) is 25.4 Å². The molecule has 1 rings (SSSR count). The maximum atomic E-state index is 4.25. The first-order valence-electron chi connectivity index (χ1n) is 3.99. The number of thiol groups is 1. The summed E-state index contributed by atoms with van der Waals surface area (Å²) >= 11 is 4.16. The highest BCUT2D eigenvalue weighted by Crippen LogP contribution is 2.01. The van der Waals surface area contributed by atoms with E-state index in [2.05, 4.69) is 29.1 Å². The molecule has 0 spiro atoms. The first kappa shape index (κ1) is 8.65. The zero-order chi connectivity index (χ0) is 8.10. The molecular weight excluding hydrogens is 156 g/mol. The topological polar surface area (TPSA) is 17.8 Å². The summed E-state index contributed by atoms with van der Waals surface area (Å²) in [6.45, 7) is 3.15. The van der Waals surface area contributed by atoms with Crippen LogP contribution >= 0.6 is 12.6 Å². The van der Waals surface area contributed by atoms with Gasteiger partial charge in [-0.05, 0) is 19.1 Å². The Bertz CT molecular complexity index is 208. The first-order chi connectivity index (χ1) is 5.38. The quantitative estimate of drug-likeness (QED) is 0.682. The van der Waals surface area contributed by atoms with E-state index in [0.717, 1.165) is 25.1 Å². The van der Waals surface area contributed by atoms with E-state index in [1.807, 2.05) is 12.4 Å². The van der Waals surface area contributed by atoms with Crippen LogP contribution in [0.5, 0.6) is 0 Å². The van der Waals surface area contributed by atoms with Crippen molar-refractivity contribution in [1.82, 2.24) is 9.55 Å². The number of hydrogen-bond donors (Lipinski definition) is 1. The zero-order valence-corrected chi connectivity index (χ0v) is 7.72. The molecule has 1 heterocycles. The Balaban J connectivity index is 2.54. The van der Waals surface area contributed by atoms with E-state index in [0.29, 0.717) is 0 Å². The average molecular weight is 170 g/mol. The minimum Gasteiger partial charge on any atom is -0.335 e. The molecule has 0 saturated carbocycles. The predicted octanol–water partition coefficient (Wildman–Crippen LogP) is 1.77. The lowest BCUT2D eigenvalue weighted by molar-refractivity contribution is 0.685. The molecule has 0 aliphatic carbocycles. The molecule has 3 heteroatoms. The van der Waals surface area contributed by atoms with Crippen molar-refractivity contribution < 1.29 is 0 Å². The normalized spacial score (nSPS) is 10.4. The molecule has 0 bridgehead atoms. The molecule has 1 aromatic heterocycles. The van der Waals surface area contributed by atoms with E-state index < -0.39 is 0 Å². The van der Waals surface area contributed by atoms with Gasteiger partial charge in [0.2, 0.25) is 0 Å². The van der Waals surface area contributed by atoms with Gasteiger partial charge in [-0.25, -0.2) is 4.98 Å². The maximum absolute atomic E-state index is 4.25. The lowest BCUT2D eigenvalue weighted by Crippen LogP contribution is -2.00. The predicted molar refractivity (Wildman–Crippen MR) is 50.1 cm³/mol. The number of imidazole rings is 1. The van der Waals surface area contributed by atoms with Crippen LogP contribution in [-0.4, -0.2) is 15.3 Å². The summed E-state index contributed by atoms with van der Waals surface area (Å²) in [5, 5.41) is 0. The van der Waals surface area contributed by atoms with Crippen LogP contribution in [0.2, 0.25) is 0 Å². The summed E-state index contributed by atoms with van der Waals surface area (Å²) in [4.78, 5) is 4.25. The molecule has 0 aliphatic rings. The zero-order valence-electron chi connectivity index (χ0n) is 6.82. The number of aryl methyl sites for hydroxylation is 2. The summed E-state index contributed by atoms with van der Waals surface area (Å²) in [5.41, 5.74) is 0. The second kappa shape index (κ2) is 4.44. The maximum Gasteiger partial charge on any atom is 0.108 e. The van der Waals surface area contributed by atoms with Crippen molar-refractivity contribution in [3.8, 4) is 0 Å². The summed E-state index contributed by atoms with van der Waals surface area (Å²) in [7, 11) is 0. The molecule has 0 aliphatic heterocycles. The van der Waals surface area contributed by atoms with Crippen LogP contribution in [0, 0.1) is 0 Å². The van der Waals surface area contributed by atoms with Gasteiger partial charge >= 0.3 is 0 Å². The van der Waals surface area contributed by atoms with E-state index in [9.17, 15) is 0 Å². The Morgan fingerprint density at radius 3 is 3.09 bits per heavy atom. The van der Waals surface area contributed by atoms with Gasteiger partial charge in [0.15, 0.2) is 0 Å². The van der Waals surface area contributed by atoms with Crippen molar-refractivity contribution in [1.29, 1.82) is 0 Å². The minimum absolute atomic E-state index is 0.941. The van der Waals surface area contributed by atoms with Crippen LogP contribution < -0.4 is 0 Å². The fourth-order valence-electron chi connectivity index (χ4n) is 1.09. The van der Waals surface area contributed by atoms with Crippen LogP contribution in [0.3, 0.4) is 0 Å². The van der Waals surface area contributed by atoms with Gasteiger partial charge in [-0.1, -0.05) is 0 Å². The van der Waals surface area contributed by atoms with Crippen molar-refractivity contribution in [3.63, 3.8) is 0 Å². The van der Waals surface area contributed by atoms with Crippen molar-refractivity contribution >= 4 is 12.6 Å². The van der Waals surface area contributed by atoms with Crippen LogP contribution in [0.15, 0.2) is 12.4 Å². The van der Waals surface area contributed by atoms with Crippen molar-refractivity contribution in [3.05, 3.63) is 18.2 Å². The fourth-order valence-corrected chi connectivity index (χ4v) is 1.25. The standard InChI is InChI=1S/C8H14N2S/c1-2-10-6-5-9-8(10)4-3-7-11/h5-6,11H,2-4,7H2,1H3. The average Bonchev–Trinajstić information content (AvgIpc) is 2.47. The van der Waals surface area contributed by atoms with Crippen LogP contribution in [0.25, 0.3) is 0 Å². The molecule has 0 atom stereocenters. The number of rotatable bonds is 4. The molecule has 2 nitrogen and oxygen atoms in total. The third-order valence-electron chi connectivity index (χ3n) is 1.70. The SMILES string of the molecule is CCn1ccnc1CCCS. The monoisotopic (exact) mass is 170 g/mol. The Hall–Kier alpha value is -0.440. The number of nitrogens with zero attached hydrogens (tertiary/aromatic N) is 2. The summed E-state index contributed by atoms with van der Waals surface area (Å²) in [6, 6.07) is 0. The van der Waals surface area contributed by atoms with E-state index >= 15 is 0 Å². The smallest absolute Gasteiger partial charge is 0.108 e. The molecule has 62 valence electrons. The lowest BCUT2D eigenvalue weighted by Gasteiger charge is -2.02. The fraction of sp³-hybridized carbons (Fsp3) is 0.625. The molecule has 0 radical (unpaired) electrons. The van der Waals surface area contributed by atoms with Crippen molar-refractivity contribution in [2.24, 2.45) is 0 Å². The van der Waals surface area contributed by atoms with E-state index in [4.69, 9.17) is 0 Å². The minimum atomic E-state index is 0.941. The molecule has 0 unspecified atom stereocenters. The van der Waals surface area contributed by atoms with Gasteiger partial charge in [-0.15, -0.1) is 0 Å². The molecule has 0 saturated heterocycles. The molecule has 0 amide bonds. The summed E-state index contributed by atoms with van der Waals surface area (Å²) < 4.78 is 2.17. The van der Waals surface area contributed by atoms with Crippen LogP contribution in [0.4, 0.5) is 0 Å². The van der Waals surface area contributed by atoms with Crippen molar-refractivity contribution in [2.45, 2.75) is 26.3 Å². The Morgan fingerprint density at radius 1 is 1.64 bits per heavy atom. The highest BCUT2D eigenvalue weighted by atomic mass is 32.1. The molecule has 11 heavy (non-hydrogen) atoms. The van der Waals surface area contributed by atoms with Crippen molar-refractivity contribution in [2.75, 3.05) is 5.75 Å². The highest BCUT2D eigenvalue weighted by Gasteiger charge is 1.98. The van der Waals surface area contributed by atoms with E-state index in [1.165, 1.54) is 5.82 Å². The van der Waals surface area contributed by atoms with Gasteiger partial charge in [-0.2, -0.15) is 12.6 Å². The Labute approximate surface area is 73.0 Å². The first-order valence-corrected chi connectivity index (χ1v) is 4.62. The molecule has 1 aromatic rings. The van der Waals surface area contributed by atoms with Crippen LogP contribution in [-0.2, 0) is 13.0 Å². The molecule has 0 aromatic carbocycles. The second-order valence-corrected chi connectivity index (χ2v) is 2.90. The largest absolute Gasteiger partial charge is 0.335 e. The molecule has 0 fully saturated rings. The van der Waals surface area contributed by atoms with Gasteiger partial charge < -0.3 is 4.57 Å². The highest BCUT2D eigenvalue weighted by molar-refractivity contribution is 7.80. The van der Waals surface area contributed by atoms with Gasteiger partial charge in [0.25, 0.3) is 0 Å². The third-order valence-corrected chi connectivity index (χ3v) is 2.02. The molecule has 0 N–H and O–H groups in total.